The van der Waals surface area contributed by atoms with Gasteiger partial charge in [-0.25, -0.2) is 4.39 Å². The standard InChI is InChI=1S/C9H18FNO/c1-7(10)4-9-6-12-3-2-8(9)5-11/h7-9H,2-6,11H2,1H3. The van der Waals surface area contributed by atoms with E-state index < -0.39 is 6.17 Å². The molecular formula is C9H18FNO. The summed E-state index contributed by atoms with van der Waals surface area (Å²) in [5.74, 6) is 0.806. The van der Waals surface area contributed by atoms with Crippen LogP contribution in [0.4, 0.5) is 4.39 Å². The van der Waals surface area contributed by atoms with Crippen molar-refractivity contribution in [3.8, 4) is 0 Å². The van der Waals surface area contributed by atoms with Gasteiger partial charge in [0.25, 0.3) is 0 Å². The Morgan fingerprint density at radius 2 is 2.33 bits per heavy atom. The monoisotopic (exact) mass is 175 g/mol. The van der Waals surface area contributed by atoms with Crippen molar-refractivity contribution >= 4 is 0 Å². The van der Waals surface area contributed by atoms with Crippen molar-refractivity contribution in [1.82, 2.24) is 0 Å². The van der Waals surface area contributed by atoms with Crippen LogP contribution in [0.5, 0.6) is 0 Å². The number of hydrogen-bond donors (Lipinski definition) is 1. The molecule has 0 amide bonds. The maximum absolute atomic E-state index is 12.7. The molecule has 0 saturated carbocycles. The Bertz CT molecular complexity index is 130. The van der Waals surface area contributed by atoms with Crippen LogP contribution in [0.2, 0.25) is 0 Å². The first-order valence-corrected chi connectivity index (χ1v) is 4.66. The molecule has 12 heavy (non-hydrogen) atoms. The van der Waals surface area contributed by atoms with Gasteiger partial charge in [0.15, 0.2) is 0 Å². The Labute approximate surface area is 73.3 Å². The van der Waals surface area contributed by atoms with Crippen LogP contribution in [0, 0.1) is 11.8 Å². The van der Waals surface area contributed by atoms with Gasteiger partial charge in [-0.1, -0.05) is 0 Å². The summed E-state index contributed by atoms with van der Waals surface area (Å²) in [6.07, 6.45) is 0.862. The SMILES string of the molecule is CC(F)CC1COCCC1CN. The average Bonchev–Trinajstić information content (AvgIpc) is 2.04. The molecule has 1 saturated heterocycles. The van der Waals surface area contributed by atoms with E-state index in [9.17, 15) is 4.39 Å². The van der Waals surface area contributed by atoms with Gasteiger partial charge in [-0.15, -0.1) is 0 Å². The van der Waals surface area contributed by atoms with Crippen molar-refractivity contribution in [3.63, 3.8) is 0 Å². The predicted octanol–water partition coefficient (Wildman–Crippen LogP) is 1.35. The molecule has 0 spiro atoms. The average molecular weight is 175 g/mol. The lowest BCUT2D eigenvalue weighted by molar-refractivity contribution is 0.00803. The summed E-state index contributed by atoms with van der Waals surface area (Å²) >= 11 is 0. The Balaban J connectivity index is 2.36. The summed E-state index contributed by atoms with van der Waals surface area (Å²) < 4.78 is 18.0. The topological polar surface area (TPSA) is 35.2 Å². The van der Waals surface area contributed by atoms with E-state index in [-0.39, 0.29) is 0 Å². The van der Waals surface area contributed by atoms with Gasteiger partial charge >= 0.3 is 0 Å². The first-order valence-electron chi connectivity index (χ1n) is 4.66. The minimum Gasteiger partial charge on any atom is -0.381 e. The highest BCUT2D eigenvalue weighted by Crippen LogP contribution is 2.25. The van der Waals surface area contributed by atoms with Crippen molar-refractivity contribution < 1.29 is 9.13 Å². The predicted molar refractivity (Wildman–Crippen MR) is 46.7 cm³/mol. The fourth-order valence-electron chi connectivity index (χ4n) is 1.83. The van der Waals surface area contributed by atoms with Crippen LogP contribution >= 0.6 is 0 Å². The molecule has 1 rings (SSSR count). The van der Waals surface area contributed by atoms with Crippen molar-refractivity contribution in [1.29, 1.82) is 0 Å². The van der Waals surface area contributed by atoms with Gasteiger partial charge in [-0.3, -0.25) is 0 Å². The summed E-state index contributed by atoms with van der Waals surface area (Å²) in [5.41, 5.74) is 5.59. The molecule has 72 valence electrons. The quantitative estimate of drug-likeness (QED) is 0.702. The normalized spacial score (nSPS) is 33.2. The van der Waals surface area contributed by atoms with Crippen molar-refractivity contribution in [3.05, 3.63) is 0 Å². The number of ether oxygens (including phenoxy) is 1. The van der Waals surface area contributed by atoms with Gasteiger partial charge in [-0.05, 0) is 38.1 Å². The molecule has 0 aromatic heterocycles. The zero-order chi connectivity index (χ0) is 8.97. The van der Waals surface area contributed by atoms with Crippen LogP contribution < -0.4 is 5.73 Å². The third kappa shape index (κ3) is 2.72. The van der Waals surface area contributed by atoms with E-state index in [0.717, 1.165) is 13.0 Å². The summed E-state index contributed by atoms with van der Waals surface area (Å²) in [6.45, 7) is 3.75. The summed E-state index contributed by atoms with van der Waals surface area (Å²) in [4.78, 5) is 0. The molecule has 1 aliphatic heterocycles. The summed E-state index contributed by atoms with van der Waals surface area (Å²) in [5, 5.41) is 0. The van der Waals surface area contributed by atoms with E-state index in [1.54, 1.807) is 6.92 Å². The Morgan fingerprint density at radius 1 is 1.58 bits per heavy atom. The van der Waals surface area contributed by atoms with Gasteiger partial charge in [0, 0.05) is 13.2 Å². The van der Waals surface area contributed by atoms with E-state index in [1.165, 1.54) is 0 Å². The molecule has 0 aromatic rings. The largest absolute Gasteiger partial charge is 0.381 e. The van der Waals surface area contributed by atoms with E-state index in [0.29, 0.717) is 31.4 Å². The number of hydrogen-bond acceptors (Lipinski definition) is 2. The molecule has 3 heteroatoms. The maximum atomic E-state index is 12.7. The van der Waals surface area contributed by atoms with Crippen molar-refractivity contribution in [2.75, 3.05) is 19.8 Å². The van der Waals surface area contributed by atoms with Crippen molar-refractivity contribution in [2.45, 2.75) is 25.9 Å². The zero-order valence-electron chi connectivity index (χ0n) is 7.63. The second kappa shape index (κ2) is 4.77. The lowest BCUT2D eigenvalue weighted by Gasteiger charge is -2.30. The second-order valence-electron chi connectivity index (χ2n) is 3.64. The third-order valence-corrected chi connectivity index (χ3v) is 2.56. The van der Waals surface area contributed by atoms with Gasteiger partial charge in [-0.2, -0.15) is 0 Å². The highest BCUT2D eigenvalue weighted by atomic mass is 19.1. The van der Waals surface area contributed by atoms with Crippen molar-refractivity contribution in [2.24, 2.45) is 17.6 Å². The molecule has 3 unspecified atom stereocenters. The highest BCUT2D eigenvalue weighted by Gasteiger charge is 2.25. The Hall–Kier alpha value is -0.150. The smallest absolute Gasteiger partial charge is 0.0977 e. The molecule has 2 nitrogen and oxygen atoms in total. The molecule has 0 aliphatic carbocycles. The van der Waals surface area contributed by atoms with Gasteiger partial charge in [0.05, 0.1) is 6.17 Å². The molecular weight excluding hydrogens is 157 g/mol. The van der Waals surface area contributed by atoms with Crippen LogP contribution in [0.3, 0.4) is 0 Å². The third-order valence-electron chi connectivity index (χ3n) is 2.56. The van der Waals surface area contributed by atoms with Crippen LogP contribution in [0.15, 0.2) is 0 Å². The lowest BCUT2D eigenvalue weighted by atomic mass is 9.85. The van der Waals surface area contributed by atoms with Gasteiger partial charge in [0.1, 0.15) is 0 Å². The molecule has 0 radical (unpaired) electrons. The first-order chi connectivity index (χ1) is 5.74. The van der Waals surface area contributed by atoms with Gasteiger partial charge < -0.3 is 10.5 Å². The highest BCUT2D eigenvalue weighted by molar-refractivity contribution is 4.75. The molecule has 0 bridgehead atoms. The Kier molecular flexibility index (Phi) is 3.95. The fourth-order valence-corrected chi connectivity index (χ4v) is 1.83. The van der Waals surface area contributed by atoms with Crippen LogP contribution in [0.25, 0.3) is 0 Å². The van der Waals surface area contributed by atoms with Crippen LogP contribution in [-0.4, -0.2) is 25.9 Å². The molecule has 1 heterocycles. The number of alkyl halides is 1. The number of rotatable bonds is 3. The van der Waals surface area contributed by atoms with Crippen LogP contribution in [0.1, 0.15) is 19.8 Å². The Morgan fingerprint density at radius 3 is 2.92 bits per heavy atom. The molecule has 1 aliphatic rings. The second-order valence-corrected chi connectivity index (χ2v) is 3.64. The summed E-state index contributed by atoms with van der Waals surface area (Å²) in [7, 11) is 0. The van der Waals surface area contributed by atoms with E-state index in [2.05, 4.69) is 0 Å². The summed E-state index contributed by atoms with van der Waals surface area (Å²) in [6, 6.07) is 0. The molecule has 1 fully saturated rings. The minimum atomic E-state index is -0.731. The maximum Gasteiger partial charge on any atom is 0.0977 e. The number of nitrogens with two attached hydrogens (primary N) is 1. The van der Waals surface area contributed by atoms with E-state index in [4.69, 9.17) is 10.5 Å². The van der Waals surface area contributed by atoms with Gasteiger partial charge in [0.2, 0.25) is 0 Å². The minimum absolute atomic E-state index is 0.337. The molecule has 0 aromatic carbocycles. The fraction of sp³-hybridized carbons (Fsp3) is 1.00. The molecule has 2 N–H and O–H groups in total. The number of halogens is 1. The lowest BCUT2D eigenvalue weighted by Crippen LogP contribution is -2.33. The van der Waals surface area contributed by atoms with E-state index in [1.807, 2.05) is 0 Å². The van der Waals surface area contributed by atoms with Crippen LogP contribution in [-0.2, 0) is 4.74 Å². The zero-order valence-corrected chi connectivity index (χ0v) is 7.63. The van der Waals surface area contributed by atoms with E-state index >= 15 is 0 Å². The molecule has 3 atom stereocenters. The first kappa shape index (κ1) is 9.93.